The van der Waals surface area contributed by atoms with Gasteiger partial charge >= 0.3 is 0 Å². The molecule has 1 aliphatic heterocycles. The van der Waals surface area contributed by atoms with Gasteiger partial charge in [0.2, 0.25) is 0 Å². The largest absolute Gasteiger partial charge is 0.346 e. The molecule has 112 valence electrons. The lowest BCUT2D eigenvalue weighted by Crippen LogP contribution is -2.51. The van der Waals surface area contributed by atoms with Crippen molar-refractivity contribution in [1.29, 1.82) is 0 Å². The first-order valence-electron chi connectivity index (χ1n) is 6.51. The van der Waals surface area contributed by atoms with E-state index in [-0.39, 0.29) is 11.3 Å². The molecule has 0 aliphatic carbocycles. The number of nitrogens with zero attached hydrogens (tertiary/aromatic N) is 3. The van der Waals surface area contributed by atoms with Gasteiger partial charge in [-0.15, -0.1) is 0 Å². The van der Waals surface area contributed by atoms with Crippen LogP contribution in [0.15, 0.2) is 24.3 Å². The summed E-state index contributed by atoms with van der Waals surface area (Å²) in [7, 11) is 2.02. The summed E-state index contributed by atoms with van der Waals surface area (Å²) < 4.78 is 0. The molecule has 21 heavy (non-hydrogen) atoms. The van der Waals surface area contributed by atoms with Crippen LogP contribution < -0.4 is 5.32 Å². The van der Waals surface area contributed by atoms with E-state index in [1.807, 2.05) is 11.9 Å². The number of nitro benzene ring substituents is 1. The quantitative estimate of drug-likeness (QED) is 0.496. The molecule has 0 spiro atoms. The van der Waals surface area contributed by atoms with E-state index in [0.29, 0.717) is 5.11 Å². The summed E-state index contributed by atoms with van der Waals surface area (Å²) in [5.41, 5.74) is -0.213. The molecule has 1 aliphatic rings. The van der Waals surface area contributed by atoms with Crippen LogP contribution in [0.25, 0.3) is 0 Å². The van der Waals surface area contributed by atoms with Crippen LogP contribution in [0.2, 0.25) is 0 Å². The lowest BCUT2D eigenvalue weighted by molar-refractivity contribution is -0.385. The van der Waals surface area contributed by atoms with Gasteiger partial charge in [0.15, 0.2) is 5.11 Å². The molecule has 0 aromatic heterocycles. The van der Waals surface area contributed by atoms with E-state index in [1.54, 1.807) is 6.07 Å². The van der Waals surface area contributed by atoms with Gasteiger partial charge in [0.1, 0.15) is 5.56 Å². The average molecular weight is 308 g/mol. The topological polar surface area (TPSA) is 78.7 Å². The van der Waals surface area contributed by atoms with E-state index >= 15 is 0 Å². The third-order valence-electron chi connectivity index (χ3n) is 3.36. The fourth-order valence-corrected chi connectivity index (χ4v) is 2.35. The van der Waals surface area contributed by atoms with E-state index in [2.05, 4.69) is 10.2 Å². The molecule has 1 amide bonds. The number of carbonyl (C=O) groups excluding carboxylic acids is 1. The predicted molar refractivity (Wildman–Crippen MR) is 82.2 cm³/mol. The van der Waals surface area contributed by atoms with Gasteiger partial charge in [-0.05, 0) is 25.3 Å². The number of hydrogen-bond acceptors (Lipinski definition) is 5. The zero-order valence-electron chi connectivity index (χ0n) is 11.6. The van der Waals surface area contributed by atoms with Gasteiger partial charge < -0.3 is 9.80 Å². The Morgan fingerprint density at radius 2 is 1.90 bits per heavy atom. The van der Waals surface area contributed by atoms with Crippen LogP contribution in [0.5, 0.6) is 0 Å². The van der Waals surface area contributed by atoms with Crippen LogP contribution in [0.3, 0.4) is 0 Å². The second-order valence-corrected chi connectivity index (χ2v) is 5.21. The number of thiocarbonyl (C=S) groups is 1. The lowest BCUT2D eigenvalue weighted by atomic mass is 10.1. The molecule has 0 unspecified atom stereocenters. The van der Waals surface area contributed by atoms with Crippen molar-refractivity contribution in [2.24, 2.45) is 0 Å². The Labute approximate surface area is 127 Å². The number of hydrogen-bond donors (Lipinski definition) is 1. The molecule has 1 heterocycles. The van der Waals surface area contributed by atoms with E-state index in [1.165, 1.54) is 18.2 Å². The van der Waals surface area contributed by atoms with Crippen molar-refractivity contribution in [1.82, 2.24) is 15.1 Å². The highest BCUT2D eigenvalue weighted by Gasteiger charge is 2.22. The first-order chi connectivity index (χ1) is 9.99. The highest BCUT2D eigenvalue weighted by molar-refractivity contribution is 7.80. The molecule has 0 saturated carbocycles. The highest BCUT2D eigenvalue weighted by Crippen LogP contribution is 2.17. The van der Waals surface area contributed by atoms with Crippen molar-refractivity contribution in [2.45, 2.75) is 0 Å². The maximum Gasteiger partial charge on any atom is 0.282 e. The number of likely N-dealkylation sites (N-methyl/N-ethyl adjacent to an activating group) is 1. The molecular weight excluding hydrogens is 292 g/mol. The number of carbonyl (C=O) groups is 1. The Hall–Kier alpha value is -2.06. The van der Waals surface area contributed by atoms with Gasteiger partial charge in [-0.3, -0.25) is 20.2 Å². The maximum atomic E-state index is 12.1. The van der Waals surface area contributed by atoms with Crippen LogP contribution in [0, 0.1) is 10.1 Å². The molecule has 1 fully saturated rings. The Morgan fingerprint density at radius 3 is 2.52 bits per heavy atom. The summed E-state index contributed by atoms with van der Waals surface area (Å²) in [5, 5.41) is 13.8. The van der Waals surface area contributed by atoms with Crippen molar-refractivity contribution in [2.75, 3.05) is 33.2 Å². The van der Waals surface area contributed by atoms with Crippen molar-refractivity contribution in [3.63, 3.8) is 0 Å². The van der Waals surface area contributed by atoms with Crippen LogP contribution in [-0.4, -0.2) is 59.0 Å². The minimum Gasteiger partial charge on any atom is -0.346 e. The lowest BCUT2D eigenvalue weighted by Gasteiger charge is -2.33. The van der Waals surface area contributed by atoms with E-state index in [4.69, 9.17) is 12.2 Å². The summed E-state index contributed by atoms with van der Waals surface area (Å²) >= 11 is 5.20. The van der Waals surface area contributed by atoms with Crippen molar-refractivity contribution < 1.29 is 9.72 Å². The predicted octanol–water partition coefficient (Wildman–Crippen LogP) is 0.857. The summed E-state index contributed by atoms with van der Waals surface area (Å²) in [6, 6.07) is 5.82. The average Bonchev–Trinajstić information content (AvgIpc) is 2.47. The van der Waals surface area contributed by atoms with E-state index in [0.717, 1.165) is 26.2 Å². The number of nitrogens with one attached hydrogen (secondary N) is 1. The van der Waals surface area contributed by atoms with E-state index in [9.17, 15) is 14.9 Å². The summed E-state index contributed by atoms with van der Waals surface area (Å²) in [5.74, 6) is -0.550. The molecule has 1 saturated heterocycles. The van der Waals surface area contributed by atoms with Crippen LogP contribution in [0.4, 0.5) is 5.69 Å². The van der Waals surface area contributed by atoms with Gasteiger partial charge in [-0.2, -0.15) is 0 Å². The molecule has 7 nitrogen and oxygen atoms in total. The molecule has 0 radical (unpaired) electrons. The smallest absolute Gasteiger partial charge is 0.282 e. The third-order valence-corrected chi connectivity index (χ3v) is 3.72. The minimum absolute atomic E-state index is 0.0129. The van der Waals surface area contributed by atoms with Crippen LogP contribution in [-0.2, 0) is 0 Å². The zero-order valence-corrected chi connectivity index (χ0v) is 12.4. The molecular formula is C13H16N4O3S. The fourth-order valence-electron chi connectivity index (χ4n) is 2.08. The zero-order chi connectivity index (χ0) is 15.4. The van der Waals surface area contributed by atoms with Gasteiger partial charge in [0.25, 0.3) is 11.6 Å². The van der Waals surface area contributed by atoms with Crippen molar-refractivity contribution in [3.05, 3.63) is 39.9 Å². The van der Waals surface area contributed by atoms with Gasteiger partial charge in [0.05, 0.1) is 4.92 Å². The summed E-state index contributed by atoms with van der Waals surface area (Å²) in [6.07, 6.45) is 0. The number of benzene rings is 1. The number of piperazine rings is 1. The van der Waals surface area contributed by atoms with Crippen molar-refractivity contribution in [3.8, 4) is 0 Å². The van der Waals surface area contributed by atoms with Crippen LogP contribution in [0.1, 0.15) is 10.4 Å². The first-order valence-corrected chi connectivity index (χ1v) is 6.92. The van der Waals surface area contributed by atoms with Gasteiger partial charge in [-0.1, -0.05) is 12.1 Å². The number of para-hydroxylation sites is 1. The second-order valence-electron chi connectivity index (χ2n) is 4.82. The number of rotatable bonds is 2. The van der Waals surface area contributed by atoms with E-state index < -0.39 is 10.8 Å². The first kappa shape index (κ1) is 15.3. The van der Waals surface area contributed by atoms with Gasteiger partial charge in [0, 0.05) is 32.2 Å². The summed E-state index contributed by atoms with van der Waals surface area (Å²) in [4.78, 5) is 26.6. The molecule has 8 heteroatoms. The SMILES string of the molecule is CN1CCN(C(=S)NC(=O)c2ccccc2[N+](=O)[O-])CC1. The van der Waals surface area contributed by atoms with Gasteiger partial charge in [-0.25, -0.2) is 0 Å². The fraction of sp³-hybridized carbons (Fsp3) is 0.385. The second kappa shape index (κ2) is 6.59. The van der Waals surface area contributed by atoms with Crippen molar-refractivity contribution >= 4 is 28.9 Å². The maximum absolute atomic E-state index is 12.1. The Bertz CT molecular complexity index is 570. The summed E-state index contributed by atoms with van der Waals surface area (Å²) in [6.45, 7) is 3.18. The highest BCUT2D eigenvalue weighted by atomic mass is 32.1. The Kier molecular flexibility index (Phi) is 4.81. The molecule has 0 bridgehead atoms. The minimum atomic E-state index is -0.576. The molecule has 1 aromatic rings. The molecule has 1 N–H and O–H groups in total. The standard InChI is InChI=1S/C13H16N4O3S/c1-15-6-8-16(9-7-15)13(21)14-12(18)10-4-2-3-5-11(10)17(19)20/h2-5H,6-9H2,1H3,(H,14,18,21). The molecule has 0 atom stereocenters. The molecule has 1 aromatic carbocycles. The third kappa shape index (κ3) is 3.73. The number of nitro groups is 1. The monoisotopic (exact) mass is 308 g/mol. The number of amides is 1. The Morgan fingerprint density at radius 1 is 1.29 bits per heavy atom. The molecule has 2 rings (SSSR count). The van der Waals surface area contributed by atoms with Crippen LogP contribution >= 0.6 is 12.2 Å². The Balaban J connectivity index is 2.05. The normalized spacial score (nSPS) is 15.6.